The summed E-state index contributed by atoms with van der Waals surface area (Å²) in [5.74, 6) is 0. The van der Waals surface area contributed by atoms with Crippen LogP contribution in [0.25, 0.3) is 0 Å². The molecule has 0 atom stereocenters. The molecule has 0 radical (unpaired) electrons. The summed E-state index contributed by atoms with van der Waals surface area (Å²) >= 11 is -5.25. The predicted molar refractivity (Wildman–Crippen MR) is 5.81 cm³/mol. The second kappa shape index (κ2) is 3.56. The molecule has 0 saturated heterocycles. The first kappa shape index (κ1) is 10.5. The number of hydrogen-bond donors (Lipinski definition) is 2. The van der Waals surface area contributed by atoms with Crippen LogP contribution in [0.15, 0.2) is 0 Å². The quantitative estimate of drug-likeness (QED) is 0.578. The average Bonchev–Trinajstić information content (AvgIpc) is 0.722. The van der Waals surface area contributed by atoms with Gasteiger partial charge in [-0.05, 0) is 0 Å². The standard InChI is InChI=1S/Cr.2H2O.2O.Yb/h;2*1H2;;;/q+2;;;;;/p-2. The van der Waals surface area contributed by atoms with Crippen LogP contribution in [0.2, 0.25) is 0 Å². The molecular formula is H2CrO4Yb. The van der Waals surface area contributed by atoms with Gasteiger partial charge in [-0.15, -0.1) is 0 Å². The van der Waals surface area contributed by atoms with E-state index in [9.17, 15) is 0 Å². The van der Waals surface area contributed by atoms with Crippen molar-refractivity contribution in [2.24, 2.45) is 0 Å². The van der Waals surface area contributed by atoms with Gasteiger partial charge in [-0.3, -0.25) is 0 Å². The summed E-state index contributed by atoms with van der Waals surface area (Å²) in [5, 5.41) is 0. The second-order valence-electron chi connectivity index (χ2n) is 0.448. The average molecular weight is 291 g/mol. The fourth-order valence-corrected chi connectivity index (χ4v) is 0. The summed E-state index contributed by atoms with van der Waals surface area (Å²) < 4.78 is 31.9. The minimum Gasteiger partial charge on any atom is 0 e. The van der Waals surface area contributed by atoms with E-state index >= 15 is 0 Å². The zero-order chi connectivity index (χ0) is 4.50. The molecule has 0 amide bonds. The van der Waals surface area contributed by atoms with Crippen LogP contribution in [0, 0.1) is 46.9 Å². The third kappa shape index (κ3) is 47.1. The Morgan fingerprint density at radius 3 is 1.17 bits per heavy atom. The van der Waals surface area contributed by atoms with Gasteiger partial charge in [0.15, 0.2) is 0 Å². The Balaban J connectivity index is 0. The summed E-state index contributed by atoms with van der Waals surface area (Å²) in [5.41, 5.74) is 0. The topological polar surface area (TPSA) is 74.6 Å². The first-order valence-electron chi connectivity index (χ1n) is 0.698. The Bertz CT molecular complexity index is 90.7. The molecule has 6 heavy (non-hydrogen) atoms. The molecule has 0 bridgehead atoms. The molecule has 0 saturated carbocycles. The molecule has 0 aliphatic heterocycles. The predicted octanol–water partition coefficient (Wildman–Crippen LogP) is -1.35. The maximum atomic E-state index is 8.82. The minimum atomic E-state index is -5.25. The van der Waals surface area contributed by atoms with Crippen molar-refractivity contribution in [3.05, 3.63) is 0 Å². The van der Waals surface area contributed by atoms with Gasteiger partial charge >= 0.3 is 29.5 Å². The largest absolute Gasteiger partial charge is 0 e. The Morgan fingerprint density at radius 1 is 1.17 bits per heavy atom. The molecule has 6 heteroatoms. The van der Waals surface area contributed by atoms with Crippen LogP contribution in [0.1, 0.15) is 0 Å². The van der Waals surface area contributed by atoms with Gasteiger partial charge in [-0.2, -0.15) is 0 Å². The molecule has 0 heterocycles. The Morgan fingerprint density at radius 2 is 1.17 bits per heavy atom. The van der Waals surface area contributed by atoms with E-state index in [0.717, 1.165) is 0 Å². The van der Waals surface area contributed by atoms with E-state index in [1.807, 2.05) is 0 Å². The van der Waals surface area contributed by atoms with Crippen molar-refractivity contribution in [2.75, 3.05) is 0 Å². The number of hydrogen-bond acceptors (Lipinski definition) is 2. The van der Waals surface area contributed by atoms with Crippen molar-refractivity contribution in [2.45, 2.75) is 0 Å². The molecule has 0 rings (SSSR count). The van der Waals surface area contributed by atoms with Crippen molar-refractivity contribution in [1.82, 2.24) is 0 Å². The van der Waals surface area contributed by atoms with Gasteiger partial charge in [-0.1, -0.05) is 0 Å². The Hall–Kier alpha value is 1.57. The van der Waals surface area contributed by atoms with E-state index in [4.69, 9.17) is 15.9 Å². The fourth-order valence-electron chi connectivity index (χ4n) is 0. The molecule has 4 nitrogen and oxygen atoms in total. The first-order chi connectivity index (χ1) is 2.00. The third-order valence-electron chi connectivity index (χ3n) is 0. The van der Waals surface area contributed by atoms with Crippen molar-refractivity contribution in [1.29, 1.82) is 0 Å². The molecule has 0 aliphatic carbocycles. The van der Waals surface area contributed by atoms with Crippen LogP contribution in [-0.4, -0.2) is 8.32 Å². The molecule has 0 aliphatic rings. The van der Waals surface area contributed by atoms with Crippen molar-refractivity contribution < 1.29 is 76.5 Å². The summed E-state index contributed by atoms with van der Waals surface area (Å²) in [4.78, 5) is 0. The molecule has 0 aromatic rings. The van der Waals surface area contributed by atoms with E-state index in [1.54, 1.807) is 0 Å². The molecule has 0 fully saturated rings. The van der Waals surface area contributed by atoms with Crippen LogP contribution in [0.4, 0.5) is 0 Å². The molecule has 2 N–H and O–H groups in total. The molecular weight excluding hydrogens is 289 g/mol. The van der Waals surface area contributed by atoms with E-state index < -0.39 is 13.6 Å². The monoisotopic (exact) mass is 292 g/mol. The van der Waals surface area contributed by atoms with Gasteiger partial charge in [0.05, 0.1) is 0 Å². The zero-order valence-electron chi connectivity index (χ0n) is 2.39. The van der Waals surface area contributed by atoms with Crippen molar-refractivity contribution in [3.63, 3.8) is 0 Å². The van der Waals surface area contributed by atoms with Gasteiger partial charge in [0.2, 0.25) is 0 Å². The Kier molecular flexibility index (Phi) is 6.25. The summed E-state index contributed by atoms with van der Waals surface area (Å²) in [6.45, 7) is 0. The van der Waals surface area contributed by atoms with Crippen molar-refractivity contribution >= 4 is 0 Å². The second-order valence-corrected chi connectivity index (χ2v) is 1.85. The van der Waals surface area contributed by atoms with E-state index in [1.165, 1.54) is 0 Å². The van der Waals surface area contributed by atoms with Gasteiger partial charge in [0, 0.05) is 46.9 Å². The molecule has 46 valence electrons. The van der Waals surface area contributed by atoms with Crippen LogP contribution in [0.3, 0.4) is 0 Å². The maximum absolute atomic E-state index is 8.82. The van der Waals surface area contributed by atoms with Crippen LogP contribution >= 0.6 is 0 Å². The summed E-state index contributed by atoms with van der Waals surface area (Å²) in [7, 11) is 0. The van der Waals surface area contributed by atoms with Crippen LogP contribution in [-0.2, 0) is 21.2 Å². The summed E-state index contributed by atoms with van der Waals surface area (Å²) in [6.07, 6.45) is 0. The van der Waals surface area contributed by atoms with Crippen LogP contribution in [0.5, 0.6) is 0 Å². The zero-order valence-corrected chi connectivity index (χ0v) is 5.38. The molecule has 0 unspecified atom stereocenters. The Labute approximate surface area is 75.2 Å². The molecule has 0 aromatic heterocycles. The first-order valence-corrected chi connectivity index (χ1v) is 2.88. The van der Waals surface area contributed by atoms with Gasteiger partial charge in [-0.25, -0.2) is 0 Å². The fraction of sp³-hybridized carbons (Fsp3) is 0. The maximum Gasteiger partial charge on any atom is 0 e. The van der Waals surface area contributed by atoms with Gasteiger partial charge < -0.3 is 0 Å². The van der Waals surface area contributed by atoms with E-state index in [-0.39, 0.29) is 46.9 Å². The smallest absolute Gasteiger partial charge is 0 e. The normalized spacial score (nSPS) is 9.67. The number of rotatable bonds is 0. The van der Waals surface area contributed by atoms with E-state index in [2.05, 4.69) is 0 Å². The van der Waals surface area contributed by atoms with Gasteiger partial charge in [0.25, 0.3) is 0 Å². The van der Waals surface area contributed by atoms with Gasteiger partial charge in [0.1, 0.15) is 0 Å². The molecule has 0 aromatic carbocycles. The van der Waals surface area contributed by atoms with E-state index in [0.29, 0.717) is 0 Å². The molecule has 0 spiro atoms. The van der Waals surface area contributed by atoms with Crippen LogP contribution < -0.4 is 0 Å². The SMILES string of the molecule is [O]=[Cr](=[O])([OH])[OH].[Yb]. The third-order valence-corrected chi connectivity index (χ3v) is 0. The van der Waals surface area contributed by atoms with Crippen molar-refractivity contribution in [3.8, 4) is 0 Å². The summed E-state index contributed by atoms with van der Waals surface area (Å²) in [6, 6.07) is 0. The minimum absolute atomic E-state index is 0.